The zero-order valence-electron chi connectivity index (χ0n) is 14.8. The molecule has 0 saturated carbocycles. The van der Waals surface area contributed by atoms with Gasteiger partial charge in [0, 0.05) is 9.50 Å². The van der Waals surface area contributed by atoms with Crippen LogP contribution in [0.25, 0.3) is 0 Å². The van der Waals surface area contributed by atoms with E-state index in [-0.39, 0.29) is 12.5 Å². The monoisotopic (exact) mass is 423 g/mol. The van der Waals surface area contributed by atoms with Crippen molar-refractivity contribution >= 4 is 39.1 Å². The largest absolute Gasteiger partial charge is 0.484 e. The quantitative estimate of drug-likeness (QED) is 0.585. The summed E-state index contributed by atoms with van der Waals surface area (Å²) in [5, 5.41) is 3.59. The van der Waals surface area contributed by atoms with E-state index in [0.29, 0.717) is 5.75 Å². The summed E-state index contributed by atoms with van der Waals surface area (Å²) in [7, 11) is 0. The molecule has 0 unspecified atom stereocenters. The molecular formula is C20H23BrClNO2. The number of carbonyl (C=O) groups excluding carboxylic acids is 1. The first-order chi connectivity index (χ1) is 11.9. The van der Waals surface area contributed by atoms with Crippen molar-refractivity contribution in [2.75, 3.05) is 11.9 Å². The van der Waals surface area contributed by atoms with Gasteiger partial charge in [-0.3, -0.25) is 4.79 Å². The van der Waals surface area contributed by atoms with Crippen molar-refractivity contribution in [3.05, 3.63) is 56.5 Å². The number of halogens is 2. The molecule has 0 spiro atoms. The predicted molar refractivity (Wildman–Crippen MR) is 108 cm³/mol. The minimum absolute atomic E-state index is 0.0511. The number of ether oxygens (including phenoxy) is 1. The molecule has 0 heterocycles. The number of anilines is 1. The van der Waals surface area contributed by atoms with Gasteiger partial charge in [-0.15, -0.1) is 0 Å². The summed E-state index contributed by atoms with van der Waals surface area (Å²) in [5.41, 5.74) is 3.87. The molecule has 5 heteroatoms. The number of benzene rings is 2. The SMILES string of the molecule is CCCCc1ccc(NC(=O)COc2cc(C)c(Cl)c(C)c2)c(Br)c1. The highest BCUT2D eigenvalue weighted by Crippen LogP contribution is 2.26. The third kappa shape index (κ3) is 5.75. The summed E-state index contributed by atoms with van der Waals surface area (Å²) in [5.74, 6) is 0.441. The number of hydrogen-bond donors (Lipinski definition) is 1. The summed E-state index contributed by atoms with van der Waals surface area (Å²) >= 11 is 9.66. The first-order valence-electron chi connectivity index (χ1n) is 8.38. The van der Waals surface area contributed by atoms with Gasteiger partial charge in [-0.2, -0.15) is 0 Å². The van der Waals surface area contributed by atoms with Crippen LogP contribution >= 0.6 is 27.5 Å². The molecule has 0 saturated heterocycles. The maximum atomic E-state index is 12.1. The molecule has 2 rings (SSSR count). The maximum absolute atomic E-state index is 12.1. The molecule has 0 aliphatic rings. The van der Waals surface area contributed by atoms with E-state index in [4.69, 9.17) is 16.3 Å². The summed E-state index contributed by atoms with van der Waals surface area (Å²) in [6.07, 6.45) is 3.37. The highest BCUT2D eigenvalue weighted by Gasteiger charge is 2.09. The fourth-order valence-electron chi connectivity index (χ4n) is 2.52. The zero-order chi connectivity index (χ0) is 18.4. The smallest absolute Gasteiger partial charge is 0.262 e. The van der Waals surface area contributed by atoms with Crippen LogP contribution in [0, 0.1) is 13.8 Å². The summed E-state index contributed by atoms with van der Waals surface area (Å²) < 4.78 is 6.47. The highest BCUT2D eigenvalue weighted by molar-refractivity contribution is 9.10. The van der Waals surface area contributed by atoms with Crippen LogP contribution in [0.5, 0.6) is 5.75 Å². The number of hydrogen-bond acceptors (Lipinski definition) is 2. The fourth-order valence-corrected chi connectivity index (χ4v) is 3.16. The third-order valence-electron chi connectivity index (χ3n) is 3.91. The number of unbranched alkanes of at least 4 members (excludes halogenated alkanes) is 1. The molecule has 0 fully saturated rings. The molecule has 0 aromatic heterocycles. The Bertz CT molecular complexity index is 738. The lowest BCUT2D eigenvalue weighted by atomic mass is 10.1. The van der Waals surface area contributed by atoms with Gasteiger partial charge in [-0.1, -0.05) is 31.0 Å². The van der Waals surface area contributed by atoms with Crippen LogP contribution in [0.4, 0.5) is 5.69 Å². The van der Waals surface area contributed by atoms with Crippen molar-refractivity contribution in [3.63, 3.8) is 0 Å². The summed E-state index contributed by atoms with van der Waals surface area (Å²) in [6.45, 7) is 5.96. The lowest BCUT2D eigenvalue weighted by Crippen LogP contribution is -2.20. The zero-order valence-corrected chi connectivity index (χ0v) is 17.1. The molecular weight excluding hydrogens is 402 g/mol. The molecule has 25 heavy (non-hydrogen) atoms. The third-order valence-corrected chi connectivity index (χ3v) is 5.16. The topological polar surface area (TPSA) is 38.3 Å². The van der Waals surface area contributed by atoms with E-state index in [2.05, 4.69) is 34.2 Å². The van der Waals surface area contributed by atoms with Gasteiger partial charge in [-0.25, -0.2) is 0 Å². The first-order valence-corrected chi connectivity index (χ1v) is 9.55. The standard InChI is InChI=1S/C20H23BrClNO2/c1-4-5-6-15-7-8-18(17(21)11-15)23-19(24)12-25-16-9-13(2)20(22)14(3)10-16/h7-11H,4-6,12H2,1-3H3,(H,23,24). The normalized spacial score (nSPS) is 10.6. The van der Waals surface area contributed by atoms with E-state index < -0.39 is 0 Å². The van der Waals surface area contributed by atoms with Gasteiger partial charge in [-0.05, 0) is 83.6 Å². The average Bonchev–Trinajstić information content (AvgIpc) is 2.58. The molecule has 2 aromatic carbocycles. The Labute approximate surface area is 162 Å². The molecule has 0 aliphatic carbocycles. The van der Waals surface area contributed by atoms with Crippen molar-refractivity contribution in [1.29, 1.82) is 0 Å². The minimum atomic E-state index is -0.202. The van der Waals surface area contributed by atoms with E-state index in [1.165, 1.54) is 5.56 Å². The van der Waals surface area contributed by atoms with Crippen LogP contribution in [0.3, 0.4) is 0 Å². The Hall–Kier alpha value is -1.52. The second kappa shape index (κ2) is 9.25. The van der Waals surface area contributed by atoms with E-state index in [0.717, 1.165) is 45.6 Å². The lowest BCUT2D eigenvalue weighted by Gasteiger charge is -2.12. The van der Waals surface area contributed by atoms with E-state index in [1.54, 1.807) is 0 Å². The Morgan fingerprint density at radius 3 is 2.48 bits per heavy atom. The van der Waals surface area contributed by atoms with E-state index in [9.17, 15) is 4.79 Å². The average molecular weight is 425 g/mol. The number of nitrogens with one attached hydrogen (secondary N) is 1. The number of aryl methyl sites for hydroxylation is 3. The minimum Gasteiger partial charge on any atom is -0.484 e. The van der Waals surface area contributed by atoms with Gasteiger partial charge in [0.25, 0.3) is 5.91 Å². The molecule has 3 nitrogen and oxygen atoms in total. The molecule has 2 aromatic rings. The predicted octanol–water partition coefficient (Wildman–Crippen LogP) is 6.08. The number of carbonyl (C=O) groups is 1. The number of rotatable bonds is 7. The van der Waals surface area contributed by atoms with E-state index >= 15 is 0 Å². The maximum Gasteiger partial charge on any atom is 0.262 e. The molecule has 0 radical (unpaired) electrons. The Morgan fingerprint density at radius 1 is 1.20 bits per heavy atom. The van der Waals surface area contributed by atoms with Gasteiger partial charge in [0.15, 0.2) is 6.61 Å². The summed E-state index contributed by atoms with van der Waals surface area (Å²) in [6, 6.07) is 9.69. The molecule has 1 N–H and O–H groups in total. The Morgan fingerprint density at radius 2 is 1.88 bits per heavy atom. The van der Waals surface area contributed by atoms with Gasteiger partial charge in [0.1, 0.15) is 5.75 Å². The highest BCUT2D eigenvalue weighted by atomic mass is 79.9. The van der Waals surface area contributed by atoms with Gasteiger partial charge in [0.2, 0.25) is 0 Å². The van der Waals surface area contributed by atoms with Crippen molar-refractivity contribution in [3.8, 4) is 5.75 Å². The molecule has 134 valence electrons. The van der Waals surface area contributed by atoms with Gasteiger partial charge in [0.05, 0.1) is 5.69 Å². The van der Waals surface area contributed by atoms with Gasteiger partial charge < -0.3 is 10.1 Å². The molecule has 0 atom stereocenters. The number of amides is 1. The van der Waals surface area contributed by atoms with Crippen molar-refractivity contribution in [2.24, 2.45) is 0 Å². The Balaban J connectivity index is 1.94. The van der Waals surface area contributed by atoms with Crippen LogP contribution in [0.2, 0.25) is 5.02 Å². The summed E-state index contributed by atoms with van der Waals surface area (Å²) in [4.78, 5) is 12.1. The van der Waals surface area contributed by atoms with Gasteiger partial charge >= 0.3 is 0 Å². The van der Waals surface area contributed by atoms with Crippen molar-refractivity contribution < 1.29 is 9.53 Å². The van der Waals surface area contributed by atoms with Crippen LogP contribution in [-0.2, 0) is 11.2 Å². The van der Waals surface area contributed by atoms with E-state index in [1.807, 2.05) is 38.1 Å². The van der Waals surface area contributed by atoms with Crippen molar-refractivity contribution in [2.45, 2.75) is 40.0 Å². The second-order valence-corrected chi connectivity index (χ2v) is 7.36. The van der Waals surface area contributed by atoms with Crippen molar-refractivity contribution in [1.82, 2.24) is 0 Å². The second-order valence-electron chi connectivity index (χ2n) is 6.13. The van der Waals surface area contributed by atoms with Crippen LogP contribution in [0.15, 0.2) is 34.8 Å². The van der Waals surface area contributed by atoms with Crippen LogP contribution in [-0.4, -0.2) is 12.5 Å². The van der Waals surface area contributed by atoms with Crippen LogP contribution in [0.1, 0.15) is 36.5 Å². The first kappa shape index (κ1) is 19.8. The molecule has 0 aliphatic heterocycles. The lowest BCUT2D eigenvalue weighted by molar-refractivity contribution is -0.118. The molecule has 1 amide bonds. The molecule has 0 bridgehead atoms. The Kier molecular flexibility index (Phi) is 7.33. The van der Waals surface area contributed by atoms with Crippen LogP contribution < -0.4 is 10.1 Å². The fraction of sp³-hybridized carbons (Fsp3) is 0.350.